The number of aromatic nitrogens is 2. The van der Waals surface area contributed by atoms with E-state index in [-0.39, 0.29) is 11.9 Å². The van der Waals surface area contributed by atoms with Gasteiger partial charge in [-0.15, -0.1) is 0 Å². The van der Waals surface area contributed by atoms with Gasteiger partial charge in [-0.05, 0) is 6.92 Å². The second-order valence-electron chi connectivity index (χ2n) is 3.24. The fourth-order valence-corrected chi connectivity index (χ4v) is 1.09. The maximum atomic E-state index is 11.5. The molecule has 1 amide bonds. The van der Waals surface area contributed by atoms with E-state index in [1.165, 1.54) is 0 Å². The van der Waals surface area contributed by atoms with E-state index < -0.39 is 0 Å². The van der Waals surface area contributed by atoms with Crippen LogP contribution >= 0.6 is 0 Å². The molecule has 0 saturated heterocycles. The van der Waals surface area contributed by atoms with E-state index in [1.54, 1.807) is 32.6 Å². The van der Waals surface area contributed by atoms with Crippen LogP contribution in [0.5, 0.6) is 0 Å². The quantitative estimate of drug-likeness (QED) is 0.667. The van der Waals surface area contributed by atoms with Gasteiger partial charge in [0.25, 0.3) is 0 Å². The average Bonchev–Trinajstić information content (AvgIpc) is 2.30. The van der Waals surface area contributed by atoms with Crippen LogP contribution in [-0.2, 0) is 9.53 Å². The summed E-state index contributed by atoms with van der Waals surface area (Å²) in [5.41, 5.74) is 0. The second kappa shape index (κ2) is 6.73. The van der Waals surface area contributed by atoms with Gasteiger partial charge in [0.1, 0.15) is 11.9 Å². The lowest BCUT2D eigenvalue weighted by Crippen LogP contribution is -2.39. The Morgan fingerprint density at radius 3 is 3.00 bits per heavy atom. The van der Waals surface area contributed by atoms with Gasteiger partial charge >= 0.3 is 0 Å². The molecule has 0 aliphatic carbocycles. The van der Waals surface area contributed by atoms with Gasteiger partial charge in [-0.2, -0.15) is 0 Å². The van der Waals surface area contributed by atoms with Gasteiger partial charge < -0.3 is 15.4 Å². The normalized spacial score (nSPS) is 11.9. The summed E-state index contributed by atoms with van der Waals surface area (Å²) in [5.74, 6) is 0.486. The third-order valence-corrected chi connectivity index (χ3v) is 1.93. The second-order valence-corrected chi connectivity index (χ2v) is 3.24. The van der Waals surface area contributed by atoms with Gasteiger partial charge in [0.15, 0.2) is 0 Å². The van der Waals surface area contributed by atoms with E-state index in [4.69, 9.17) is 4.74 Å². The highest BCUT2D eigenvalue weighted by molar-refractivity contribution is 5.83. The molecule has 0 fully saturated rings. The number of hydrogen-bond donors (Lipinski definition) is 2. The van der Waals surface area contributed by atoms with Crippen LogP contribution in [0.25, 0.3) is 0 Å². The number of rotatable bonds is 6. The summed E-state index contributed by atoms with van der Waals surface area (Å²) in [7, 11) is 1.59. The molecule has 0 saturated carbocycles. The molecule has 0 aliphatic rings. The smallest absolute Gasteiger partial charge is 0.242 e. The van der Waals surface area contributed by atoms with Crippen molar-refractivity contribution in [3.63, 3.8) is 0 Å². The Balaban J connectivity index is 2.34. The topological polar surface area (TPSA) is 76.1 Å². The van der Waals surface area contributed by atoms with Crippen molar-refractivity contribution >= 4 is 11.7 Å². The van der Waals surface area contributed by atoms with E-state index in [1.807, 2.05) is 0 Å². The van der Waals surface area contributed by atoms with Crippen molar-refractivity contribution in [2.24, 2.45) is 0 Å². The van der Waals surface area contributed by atoms with Crippen molar-refractivity contribution in [1.29, 1.82) is 0 Å². The molecule has 88 valence electrons. The van der Waals surface area contributed by atoms with Crippen molar-refractivity contribution in [3.05, 3.63) is 18.6 Å². The first-order valence-corrected chi connectivity index (χ1v) is 5.03. The molecule has 16 heavy (non-hydrogen) atoms. The molecule has 1 rings (SSSR count). The first-order chi connectivity index (χ1) is 7.74. The van der Waals surface area contributed by atoms with E-state index >= 15 is 0 Å². The van der Waals surface area contributed by atoms with Crippen LogP contribution < -0.4 is 10.6 Å². The fourth-order valence-electron chi connectivity index (χ4n) is 1.09. The Kier molecular flexibility index (Phi) is 5.21. The van der Waals surface area contributed by atoms with Crippen LogP contribution in [0.4, 0.5) is 5.82 Å². The molecule has 0 aromatic carbocycles. The molecule has 1 aromatic heterocycles. The van der Waals surface area contributed by atoms with E-state index in [0.717, 1.165) is 0 Å². The van der Waals surface area contributed by atoms with E-state index in [2.05, 4.69) is 20.6 Å². The standard InChI is InChI=1S/C10H16N4O2/c1-8(10(15)13-5-6-16-2)14-9-7-11-3-4-12-9/h3-4,7-8H,5-6H2,1-2H3,(H,12,14)(H,13,15). The SMILES string of the molecule is COCCNC(=O)C(C)Nc1cnccn1. The lowest BCUT2D eigenvalue weighted by atomic mass is 10.3. The average molecular weight is 224 g/mol. The van der Waals surface area contributed by atoms with E-state index in [0.29, 0.717) is 19.0 Å². The van der Waals surface area contributed by atoms with Crippen molar-refractivity contribution in [3.8, 4) is 0 Å². The highest BCUT2D eigenvalue weighted by atomic mass is 16.5. The van der Waals surface area contributed by atoms with Crippen LogP contribution in [0.15, 0.2) is 18.6 Å². The Hall–Kier alpha value is -1.69. The van der Waals surface area contributed by atoms with E-state index in [9.17, 15) is 4.79 Å². The maximum absolute atomic E-state index is 11.5. The summed E-state index contributed by atoms with van der Waals surface area (Å²) in [6.45, 7) is 2.77. The summed E-state index contributed by atoms with van der Waals surface area (Å²) >= 11 is 0. The van der Waals surface area contributed by atoms with Crippen LogP contribution in [0.2, 0.25) is 0 Å². The summed E-state index contributed by atoms with van der Waals surface area (Å²) in [5, 5.41) is 5.67. The summed E-state index contributed by atoms with van der Waals surface area (Å²) in [4.78, 5) is 19.5. The number of carbonyl (C=O) groups is 1. The molecule has 6 nitrogen and oxygen atoms in total. The van der Waals surface area contributed by atoms with Crippen LogP contribution in [0.3, 0.4) is 0 Å². The number of carbonyl (C=O) groups excluding carboxylic acids is 1. The highest BCUT2D eigenvalue weighted by Gasteiger charge is 2.11. The molecule has 0 bridgehead atoms. The molecule has 1 aromatic rings. The minimum Gasteiger partial charge on any atom is -0.383 e. The minimum atomic E-state index is -0.353. The Morgan fingerprint density at radius 2 is 2.38 bits per heavy atom. The Labute approximate surface area is 94.4 Å². The molecule has 6 heteroatoms. The fraction of sp³-hybridized carbons (Fsp3) is 0.500. The molecule has 2 N–H and O–H groups in total. The maximum Gasteiger partial charge on any atom is 0.242 e. The number of nitrogens with one attached hydrogen (secondary N) is 2. The zero-order valence-corrected chi connectivity index (χ0v) is 9.43. The predicted molar refractivity (Wildman–Crippen MR) is 60.0 cm³/mol. The van der Waals surface area contributed by atoms with Gasteiger partial charge in [-0.3, -0.25) is 9.78 Å². The van der Waals surface area contributed by atoms with Crippen LogP contribution in [0, 0.1) is 0 Å². The van der Waals surface area contributed by atoms with Gasteiger partial charge in [0.05, 0.1) is 12.8 Å². The van der Waals surface area contributed by atoms with Crippen LogP contribution in [-0.4, -0.2) is 42.2 Å². The van der Waals surface area contributed by atoms with Crippen molar-refractivity contribution < 1.29 is 9.53 Å². The van der Waals surface area contributed by atoms with Gasteiger partial charge in [-0.1, -0.05) is 0 Å². The number of ether oxygens (including phenoxy) is 1. The lowest BCUT2D eigenvalue weighted by molar-refractivity contribution is -0.121. The first kappa shape index (κ1) is 12.4. The molecule has 1 unspecified atom stereocenters. The van der Waals surface area contributed by atoms with Gasteiger partial charge in [0.2, 0.25) is 5.91 Å². The zero-order valence-electron chi connectivity index (χ0n) is 9.43. The zero-order chi connectivity index (χ0) is 11.8. The molecule has 1 atom stereocenters. The summed E-state index contributed by atoms with van der Waals surface area (Å²) < 4.78 is 4.83. The van der Waals surface area contributed by atoms with Gasteiger partial charge in [-0.25, -0.2) is 4.98 Å². The number of anilines is 1. The molecule has 1 heterocycles. The van der Waals surface area contributed by atoms with Crippen molar-refractivity contribution in [2.45, 2.75) is 13.0 Å². The molecular formula is C10H16N4O2. The number of hydrogen-bond acceptors (Lipinski definition) is 5. The predicted octanol–water partition coefficient (Wildman–Crippen LogP) is 0.0396. The molecule has 0 aliphatic heterocycles. The lowest BCUT2D eigenvalue weighted by Gasteiger charge is -2.13. The van der Waals surface area contributed by atoms with Crippen molar-refractivity contribution in [1.82, 2.24) is 15.3 Å². The molecule has 0 radical (unpaired) electrons. The monoisotopic (exact) mass is 224 g/mol. The molecule has 0 spiro atoms. The largest absolute Gasteiger partial charge is 0.383 e. The number of nitrogens with zero attached hydrogens (tertiary/aromatic N) is 2. The summed E-state index contributed by atoms with van der Waals surface area (Å²) in [6.07, 6.45) is 4.71. The van der Waals surface area contributed by atoms with Crippen molar-refractivity contribution in [2.75, 3.05) is 25.6 Å². The summed E-state index contributed by atoms with van der Waals surface area (Å²) in [6, 6.07) is -0.353. The molecular weight excluding hydrogens is 208 g/mol. The third-order valence-electron chi connectivity index (χ3n) is 1.93. The third kappa shape index (κ3) is 4.22. The highest BCUT2D eigenvalue weighted by Crippen LogP contribution is 2.00. The Bertz CT molecular complexity index is 318. The first-order valence-electron chi connectivity index (χ1n) is 5.03. The number of methoxy groups -OCH3 is 1. The van der Waals surface area contributed by atoms with Crippen LogP contribution in [0.1, 0.15) is 6.92 Å². The minimum absolute atomic E-state index is 0.0947. The van der Waals surface area contributed by atoms with Gasteiger partial charge in [0, 0.05) is 26.0 Å². The number of amides is 1. The Morgan fingerprint density at radius 1 is 1.56 bits per heavy atom.